The highest BCUT2D eigenvalue weighted by molar-refractivity contribution is 6.74. The molecular formula is C25H42O4Si. The van der Waals surface area contributed by atoms with E-state index >= 15 is 0 Å². The lowest BCUT2D eigenvalue weighted by molar-refractivity contribution is 0.0742. The van der Waals surface area contributed by atoms with Gasteiger partial charge in [0.1, 0.15) is 0 Å². The van der Waals surface area contributed by atoms with Crippen molar-refractivity contribution in [2.75, 3.05) is 13.2 Å². The zero-order chi connectivity index (χ0) is 22.1. The Morgan fingerprint density at radius 1 is 1.17 bits per heavy atom. The van der Waals surface area contributed by atoms with Gasteiger partial charge in [0, 0.05) is 19.1 Å². The highest BCUT2D eigenvalue weighted by Crippen LogP contribution is 2.47. The lowest BCUT2D eigenvalue weighted by atomic mass is 9.76. The van der Waals surface area contributed by atoms with Gasteiger partial charge in [0.05, 0.1) is 18.3 Å². The minimum Gasteiger partial charge on any atom is -0.416 e. The molecular weight excluding hydrogens is 392 g/mol. The van der Waals surface area contributed by atoms with Crippen LogP contribution in [0, 0.1) is 17.8 Å². The third-order valence-electron chi connectivity index (χ3n) is 8.48. The summed E-state index contributed by atoms with van der Waals surface area (Å²) in [6, 6.07) is 8.30. The van der Waals surface area contributed by atoms with Gasteiger partial charge in [0.15, 0.2) is 8.32 Å². The summed E-state index contributed by atoms with van der Waals surface area (Å²) in [7, 11) is -1.81. The fourth-order valence-corrected chi connectivity index (χ4v) is 7.48. The molecule has 1 aromatic rings. The number of aliphatic hydroxyl groups is 2. The van der Waals surface area contributed by atoms with Crippen LogP contribution in [0.5, 0.6) is 0 Å². The predicted molar refractivity (Wildman–Crippen MR) is 124 cm³/mol. The Kier molecular flexibility index (Phi) is 7.51. The molecule has 2 fully saturated rings. The zero-order valence-electron chi connectivity index (χ0n) is 19.7. The minimum atomic E-state index is -1.81. The van der Waals surface area contributed by atoms with Crippen molar-refractivity contribution in [3.63, 3.8) is 0 Å². The van der Waals surface area contributed by atoms with Gasteiger partial charge in [-0.25, -0.2) is 0 Å². The molecule has 0 spiro atoms. The molecule has 2 aliphatic rings. The second-order valence-electron chi connectivity index (χ2n) is 10.8. The van der Waals surface area contributed by atoms with Crippen molar-refractivity contribution >= 4 is 8.32 Å². The first kappa shape index (κ1) is 23.9. The number of aliphatic hydroxyl groups excluding tert-OH is 2. The predicted octanol–water partition coefficient (Wildman–Crippen LogP) is 5.10. The number of benzene rings is 1. The van der Waals surface area contributed by atoms with Gasteiger partial charge in [-0.15, -0.1) is 0 Å². The summed E-state index contributed by atoms with van der Waals surface area (Å²) in [5, 5.41) is 20.9. The molecule has 0 aliphatic carbocycles. The Morgan fingerprint density at radius 2 is 1.83 bits per heavy atom. The van der Waals surface area contributed by atoms with E-state index in [-0.39, 0.29) is 35.7 Å². The van der Waals surface area contributed by atoms with Crippen molar-refractivity contribution in [3.8, 4) is 0 Å². The van der Waals surface area contributed by atoms with Crippen LogP contribution in [0.3, 0.4) is 0 Å². The summed E-state index contributed by atoms with van der Waals surface area (Å²) in [6.45, 7) is 14.8. The first-order valence-corrected chi connectivity index (χ1v) is 14.6. The lowest BCUT2D eigenvalue weighted by Gasteiger charge is -2.42. The van der Waals surface area contributed by atoms with E-state index in [0.29, 0.717) is 12.3 Å². The molecule has 0 radical (unpaired) electrons. The zero-order valence-corrected chi connectivity index (χ0v) is 20.7. The number of hydrogen-bond acceptors (Lipinski definition) is 4. The summed E-state index contributed by atoms with van der Waals surface area (Å²) in [4.78, 5) is 0. The number of ether oxygens (including phenoxy) is 1. The summed E-state index contributed by atoms with van der Waals surface area (Å²) < 4.78 is 12.5. The average Bonchev–Trinajstić information content (AvgIpc) is 3.29. The van der Waals surface area contributed by atoms with Crippen molar-refractivity contribution < 1.29 is 19.4 Å². The highest BCUT2D eigenvalue weighted by Gasteiger charge is 2.49. The monoisotopic (exact) mass is 434 g/mol. The topological polar surface area (TPSA) is 58.9 Å². The molecule has 1 unspecified atom stereocenters. The Balaban J connectivity index is 1.57. The summed E-state index contributed by atoms with van der Waals surface area (Å²) in [5.41, 5.74) is 2.17. The maximum Gasteiger partial charge on any atom is 0.192 e. The van der Waals surface area contributed by atoms with Crippen LogP contribution in [-0.4, -0.2) is 44.0 Å². The fourth-order valence-electron chi connectivity index (χ4n) is 5.11. The third-order valence-corrected chi connectivity index (χ3v) is 13.1. The van der Waals surface area contributed by atoms with E-state index < -0.39 is 14.4 Å². The van der Waals surface area contributed by atoms with E-state index in [1.54, 1.807) is 0 Å². The fraction of sp³-hybridized carbons (Fsp3) is 0.760. The summed E-state index contributed by atoms with van der Waals surface area (Å²) >= 11 is 0. The van der Waals surface area contributed by atoms with Crippen LogP contribution in [0.15, 0.2) is 24.3 Å². The van der Waals surface area contributed by atoms with E-state index in [1.165, 1.54) is 5.56 Å². The minimum absolute atomic E-state index is 0.155. The number of hydrogen-bond donors (Lipinski definition) is 2. The van der Waals surface area contributed by atoms with Crippen molar-refractivity contribution in [2.45, 2.75) is 89.8 Å². The Bertz CT molecular complexity index is 702. The normalized spacial score (nSPS) is 27.8. The standard InChI is InChI=1S/C25H42O4Si/c1-17(2)25(3,4)30(5,6)28-13-12-18-8-7-9-19(14-18)22(27)15-20-21(16-26)24-11-10-23(20)29-24/h7-9,14,17,20-24,26-27H,10-13,15-16H2,1-6H3/t20-,21+,22?,23+,24-/m1/s1. The molecule has 170 valence electrons. The SMILES string of the molecule is CC(C)C(C)(C)[Si](C)(C)OCCc1cccc(C(O)C[C@@H]2[C@H](CO)[C@H]3CC[C@@H]2O3)c1. The molecule has 4 nitrogen and oxygen atoms in total. The molecule has 2 heterocycles. The van der Waals surface area contributed by atoms with E-state index in [0.717, 1.165) is 31.4 Å². The van der Waals surface area contributed by atoms with Crippen molar-refractivity contribution in [1.29, 1.82) is 0 Å². The average molecular weight is 435 g/mol. The van der Waals surface area contributed by atoms with Gasteiger partial charge in [-0.3, -0.25) is 0 Å². The van der Waals surface area contributed by atoms with Crippen LogP contribution in [0.25, 0.3) is 0 Å². The van der Waals surface area contributed by atoms with Crippen molar-refractivity contribution in [1.82, 2.24) is 0 Å². The quantitative estimate of drug-likeness (QED) is 0.503. The van der Waals surface area contributed by atoms with Crippen LogP contribution in [0.4, 0.5) is 0 Å². The van der Waals surface area contributed by atoms with Gasteiger partial charge in [0.2, 0.25) is 0 Å². The highest BCUT2D eigenvalue weighted by atomic mass is 28.4. The number of rotatable bonds is 10. The summed E-state index contributed by atoms with van der Waals surface area (Å²) in [5.74, 6) is 1.02. The van der Waals surface area contributed by atoms with Gasteiger partial charge >= 0.3 is 0 Å². The van der Waals surface area contributed by atoms with Crippen LogP contribution in [0.1, 0.15) is 64.2 Å². The smallest absolute Gasteiger partial charge is 0.192 e. The molecule has 5 heteroatoms. The van der Waals surface area contributed by atoms with E-state index in [4.69, 9.17) is 9.16 Å². The molecule has 2 N–H and O–H groups in total. The molecule has 0 amide bonds. The second kappa shape index (κ2) is 9.41. The maximum atomic E-state index is 10.9. The van der Waals surface area contributed by atoms with Crippen molar-refractivity contribution in [2.24, 2.45) is 17.8 Å². The van der Waals surface area contributed by atoms with Gasteiger partial charge in [-0.1, -0.05) is 52.0 Å². The van der Waals surface area contributed by atoms with Crippen LogP contribution < -0.4 is 0 Å². The maximum absolute atomic E-state index is 10.9. The van der Waals surface area contributed by atoms with Crippen LogP contribution >= 0.6 is 0 Å². The Labute approximate surface area is 184 Å². The first-order chi connectivity index (χ1) is 14.1. The van der Waals surface area contributed by atoms with E-state index in [9.17, 15) is 10.2 Å². The third kappa shape index (κ3) is 4.86. The molecule has 1 aromatic carbocycles. The van der Waals surface area contributed by atoms with E-state index in [1.807, 2.05) is 12.1 Å². The Hall–Kier alpha value is -0.723. The lowest BCUT2D eigenvalue weighted by Crippen LogP contribution is -2.45. The van der Waals surface area contributed by atoms with Crippen LogP contribution in [-0.2, 0) is 15.6 Å². The van der Waals surface area contributed by atoms with Crippen LogP contribution in [0.2, 0.25) is 18.1 Å². The molecule has 2 bridgehead atoms. The van der Waals surface area contributed by atoms with Gasteiger partial charge in [-0.2, -0.15) is 0 Å². The van der Waals surface area contributed by atoms with E-state index in [2.05, 4.69) is 52.9 Å². The summed E-state index contributed by atoms with van der Waals surface area (Å²) in [6.07, 6.45) is 3.50. The molecule has 2 aliphatic heterocycles. The first-order valence-electron chi connectivity index (χ1n) is 11.7. The largest absolute Gasteiger partial charge is 0.416 e. The van der Waals surface area contributed by atoms with Crippen molar-refractivity contribution in [3.05, 3.63) is 35.4 Å². The molecule has 3 rings (SSSR count). The molecule has 5 atom stereocenters. The molecule has 0 aromatic heterocycles. The van der Waals surface area contributed by atoms with Gasteiger partial charge in [0.25, 0.3) is 0 Å². The molecule has 30 heavy (non-hydrogen) atoms. The Morgan fingerprint density at radius 3 is 2.47 bits per heavy atom. The van der Waals surface area contributed by atoms with Gasteiger partial charge in [-0.05, 0) is 66.8 Å². The molecule has 2 saturated heterocycles. The molecule has 0 saturated carbocycles. The second-order valence-corrected chi connectivity index (χ2v) is 15.4. The van der Waals surface area contributed by atoms with Gasteiger partial charge < -0.3 is 19.4 Å². The number of fused-ring (bicyclic) bond motifs is 2.